The van der Waals surface area contributed by atoms with E-state index in [9.17, 15) is 0 Å². The van der Waals surface area contributed by atoms with E-state index < -0.39 is 0 Å². The molecule has 0 radical (unpaired) electrons. The monoisotopic (exact) mass is 239 g/mol. The predicted molar refractivity (Wildman–Crippen MR) is 68.1 cm³/mol. The Hall–Kier alpha value is -0.730. The van der Waals surface area contributed by atoms with Crippen LogP contribution in [0.2, 0.25) is 5.02 Å². The molecular formula is C13H18ClNO. The molecule has 0 aromatic heterocycles. The van der Waals surface area contributed by atoms with Crippen LogP contribution in [0.4, 0.5) is 5.69 Å². The Morgan fingerprint density at radius 2 is 2.06 bits per heavy atom. The van der Waals surface area contributed by atoms with E-state index in [1.54, 1.807) is 0 Å². The second-order valence-corrected chi connectivity index (χ2v) is 4.86. The molecule has 16 heavy (non-hydrogen) atoms. The molecule has 0 unspecified atom stereocenters. The molecule has 0 aliphatic carbocycles. The molecule has 1 aliphatic rings. The zero-order valence-electron chi connectivity index (χ0n) is 9.40. The first-order valence-electron chi connectivity index (χ1n) is 5.91. The van der Waals surface area contributed by atoms with Crippen LogP contribution < -0.4 is 4.90 Å². The highest BCUT2D eigenvalue weighted by atomic mass is 35.5. The molecule has 1 aromatic rings. The quantitative estimate of drug-likeness (QED) is 0.877. The lowest BCUT2D eigenvalue weighted by atomic mass is 9.93. The summed E-state index contributed by atoms with van der Waals surface area (Å²) in [6.07, 6.45) is 3.30. The Morgan fingerprint density at radius 3 is 2.69 bits per heavy atom. The molecular weight excluding hydrogens is 222 g/mol. The van der Waals surface area contributed by atoms with E-state index in [0.717, 1.165) is 24.5 Å². The fourth-order valence-corrected chi connectivity index (χ4v) is 2.52. The standard InChI is InChI=1S/C13H18ClNO/c14-12-2-1-3-13(10-12)15-7-4-11(5-8-15)6-9-16/h1-3,10-11,16H,4-9H2. The van der Waals surface area contributed by atoms with Crippen molar-refractivity contribution in [3.05, 3.63) is 29.3 Å². The first-order valence-corrected chi connectivity index (χ1v) is 6.29. The van der Waals surface area contributed by atoms with Gasteiger partial charge in [0.1, 0.15) is 0 Å². The van der Waals surface area contributed by atoms with Gasteiger partial charge in [-0.3, -0.25) is 0 Å². The van der Waals surface area contributed by atoms with Crippen LogP contribution in [0.25, 0.3) is 0 Å². The summed E-state index contributed by atoms with van der Waals surface area (Å²) < 4.78 is 0. The number of rotatable bonds is 3. The summed E-state index contributed by atoms with van der Waals surface area (Å²) in [4.78, 5) is 2.37. The van der Waals surface area contributed by atoms with E-state index >= 15 is 0 Å². The topological polar surface area (TPSA) is 23.5 Å². The number of piperidine rings is 1. The smallest absolute Gasteiger partial charge is 0.0433 e. The highest BCUT2D eigenvalue weighted by Crippen LogP contribution is 2.26. The van der Waals surface area contributed by atoms with Crippen LogP contribution in [-0.2, 0) is 0 Å². The molecule has 0 saturated carbocycles. The third-order valence-electron chi connectivity index (χ3n) is 3.33. The van der Waals surface area contributed by atoms with E-state index in [-0.39, 0.29) is 0 Å². The van der Waals surface area contributed by atoms with Gasteiger partial charge < -0.3 is 10.0 Å². The summed E-state index contributed by atoms with van der Waals surface area (Å²) in [7, 11) is 0. The molecule has 0 bridgehead atoms. The van der Waals surface area contributed by atoms with Gasteiger partial charge >= 0.3 is 0 Å². The van der Waals surface area contributed by atoms with Gasteiger partial charge in [0.25, 0.3) is 0 Å². The molecule has 1 aromatic carbocycles. The van der Waals surface area contributed by atoms with Gasteiger partial charge in [-0.1, -0.05) is 17.7 Å². The van der Waals surface area contributed by atoms with Gasteiger partial charge in [0.15, 0.2) is 0 Å². The van der Waals surface area contributed by atoms with Crippen molar-refractivity contribution in [2.75, 3.05) is 24.6 Å². The Kier molecular flexibility index (Phi) is 4.08. The third-order valence-corrected chi connectivity index (χ3v) is 3.56. The minimum absolute atomic E-state index is 0.321. The van der Waals surface area contributed by atoms with Crippen molar-refractivity contribution in [1.82, 2.24) is 0 Å². The summed E-state index contributed by atoms with van der Waals surface area (Å²) in [5, 5.41) is 9.71. The molecule has 3 heteroatoms. The van der Waals surface area contributed by atoms with Crippen LogP contribution >= 0.6 is 11.6 Å². The van der Waals surface area contributed by atoms with Gasteiger partial charge in [-0.05, 0) is 43.4 Å². The number of hydrogen-bond acceptors (Lipinski definition) is 2. The van der Waals surface area contributed by atoms with E-state index in [0.29, 0.717) is 12.5 Å². The van der Waals surface area contributed by atoms with E-state index in [1.807, 2.05) is 18.2 Å². The van der Waals surface area contributed by atoms with E-state index in [2.05, 4.69) is 11.0 Å². The fourth-order valence-electron chi connectivity index (χ4n) is 2.34. The predicted octanol–water partition coefficient (Wildman–Crippen LogP) is 2.94. The van der Waals surface area contributed by atoms with E-state index in [4.69, 9.17) is 16.7 Å². The van der Waals surface area contributed by atoms with Gasteiger partial charge in [0.2, 0.25) is 0 Å². The molecule has 1 aliphatic heterocycles. The third kappa shape index (κ3) is 2.89. The summed E-state index contributed by atoms with van der Waals surface area (Å²) >= 11 is 5.98. The van der Waals surface area contributed by atoms with Gasteiger partial charge in [-0.2, -0.15) is 0 Å². The minimum atomic E-state index is 0.321. The van der Waals surface area contributed by atoms with Gasteiger partial charge in [0.05, 0.1) is 0 Å². The maximum Gasteiger partial charge on any atom is 0.0433 e. The number of aliphatic hydroxyl groups is 1. The summed E-state index contributed by atoms with van der Waals surface area (Å²) in [5.41, 5.74) is 1.22. The molecule has 0 amide bonds. The average molecular weight is 240 g/mol. The first kappa shape index (κ1) is 11.7. The van der Waals surface area contributed by atoms with Crippen LogP contribution in [0.1, 0.15) is 19.3 Å². The number of halogens is 1. The van der Waals surface area contributed by atoms with Gasteiger partial charge in [-0.25, -0.2) is 0 Å². The molecule has 0 spiro atoms. The number of anilines is 1. The summed E-state index contributed by atoms with van der Waals surface area (Å²) in [6.45, 7) is 2.47. The largest absolute Gasteiger partial charge is 0.396 e. The maximum atomic E-state index is 8.91. The van der Waals surface area contributed by atoms with E-state index in [1.165, 1.54) is 18.5 Å². The summed E-state index contributed by atoms with van der Waals surface area (Å²) in [6, 6.07) is 8.03. The van der Waals surface area contributed by atoms with Gasteiger partial charge in [0, 0.05) is 30.4 Å². The average Bonchev–Trinajstić information content (AvgIpc) is 2.30. The molecule has 1 saturated heterocycles. The zero-order chi connectivity index (χ0) is 11.4. The highest BCUT2D eigenvalue weighted by molar-refractivity contribution is 6.30. The number of nitrogens with zero attached hydrogens (tertiary/aromatic N) is 1. The molecule has 1 heterocycles. The van der Waals surface area contributed by atoms with Crippen LogP contribution in [-0.4, -0.2) is 24.8 Å². The van der Waals surface area contributed by atoms with Crippen LogP contribution in [0, 0.1) is 5.92 Å². The second kappa shape index (κ2) is 5.55. The Labute approximate surface area is 102 Å². The second-order valence-electron chi connectivity index (χ2n) is 4.42. The molecule has 1 N–H and O–H groups in total. The van der Waals surface area contributed by atoms with Gasteiger partial charge in [-0.15, -0.1) is 0 Å². The molecule has 2 nitrogen and oxygen atoms in total. The number of hydrogen-bond donors (Lipinski definition) is 1. The molecule has 1 fully saturated rings. The van der Waals surface area contributed by atoms with Crippen molar-refractivity contribution in [2.45, 2.75) is 19.3 Å². The van der Waals surface area contributed by atoms with Crippen LogP contribution in [0.3, 0.4) is 0 Å². The SMILES string of the molecule is OCCC1CCN(c2cccc(Cl)c2)CC1. The molecule has 88 valence electrons. The van der Waals surface area contributed by atoms with Crippen molar-refractivity contribution < 1.29 is 5.11 Å². The van der Waals surface area contributed by atoms with Crippen molar-refractivity contribution in [3.8, 4) is 0 Å². The highest BCUT2D eigenvalue weighted by Gasteiger charge is 2.18. The van der Waals surface area contributed by atoms with Crippen molar-refractivity contribution in [3.63, 3.8) is 0 Å². The van der Waals surface area contributed by atoms with Crippen molar-refractivity contribution in [1.29, 1.82) is 0 Å². The Bertz CT molecular complexity index is 334. The maximum absolute atomic E-state index is 8.91. The Morgan fingerprint density at radius 1 is 1.31 bits per heavy atom. The number of benzene rings is 1. The first-order chi connectivity index (χ1) is 7.79. The van der Waals surface area contributed by atoms with Crippen molar-refractivity contribution >= 4 is 17.3 Å². The molecule has 2 rings (SSSR count). The lowest BCUT2D eigenvalue weighted by molar-refractivity contribution is 0.240. The van der Waals surface area contributed by atoms with Crippen LogP contribution in [0.5, 0.6) is 0 Å². The van der Waals surface area contributed by atoms with Crippen LogP contribution in [0.15, 0.2) is 24.3 Å². The Balaban J connectivity index is 1.94. The lowest BCUT2D eigenvalue weighted by Crippen LogP contribution is -2.33. The minimum Gasteiger partial charge on any atom is -0.396 e. The van der Waals surface area contributed by atoms with Crippen molar-refractivity contribution in [2.24, 2.45) is 5.92 Å². The zero-order valence-corrected chi connectivity index (χ0v) is 10.2. The lowest BCUT2D eigenvalue weighted by Gasteiger charge is -2.33. The summed E-state index contributed by atoms with van der Waals surface area (Å²) in [5.74, 6) is 0.695. The number of aliphatic hydroxyl groups excluding tert-OH is 1. The fraction of sp³-hybridized carbons (Fsp3) is 0.538. The normalized spacial score (nSPS) is 17.8. The molecule has 0 atom stereocenters.